The first-order chi connectivity index (χ1) is 6.81. The van der Waals surface area contributed by atoms with Crippen molar-refractivity contribution in [1.29, 1.82) is 0 Å². The molecule has 1 fully saturated rings. The molecule has 0 bridgehead atoms. The second-order valence-electron chi connectivity index (χ2n) is 3.58. The molecule has 0 radical (unpaired) electrons. The van der Waals surface area contributed by atoms with E-state index in [0.29, 0.717) is 5.56 Å². The lowest BCUT2D eigenvalue weighted by atomic mass is 9.99. The van der Waals surface area contributed by atoms with Crippen molar-refractivity contribution in [3.8, 4) is 5.75 Å². The minimum Gasteiger partial charge on any atom is -0.508 e. The summed E-state index contributed by atoms with van der Waals surface area (Å²) < 4.78 is 0. The van der Waals surface area contributed by atoms with Gasteiger partial charge < -0.3 is 10.4 Å². The molecule has 2 rings (SSSR count). The Morgan fingerprint density at radius 3 is 3.00 bits per heavy atom. The van der Waals surface area contributed by atoms with Crippen LogP contribution in [-0.4, -0.2) is 17.9 Å². The van der Waals surface area contributed by atoms with Crippen LogP contribution in [0.1, 0.15) is 34.8 Å². The van der Waals surface area contributed by atoms with Gasteiger partial charge in [-0.1, -0.05) is 6.07 Å². The van der Waals surface area contributed by atoms with E-state index in [4.69, 9.17) is 0 Å². The van der Waals surface area contributed by atoms with Crippen LogP contribution in [0.2, 0.25) is 0 Å². The highest BCUT2D eigenvalue weighted by atomic mass is 16.3. The molecule has 0 saturated carbocycles. The predicted octanol–water partition coefficient (Wildman–Crippen LogP) is 1.63. The number of rotatable bonds is 2. The molecule has 1 saturated heterocycles. The summed E-state index contributed by atoms with van der Waals surface area (Å²) in [5.74, 6) is 0.147. The monoisotopic (exact) mass is 191 g/mol. The molecular weight excluding hydrogens is 178 g/mol. The van der Waals surface area contributed by atoms with Crippen LogP contribution in [-0.2, 0) is 0 Å². The molecular formula is C11H13NO2. The van der Waals surface area contributed by atoms with Gasteiger partial charge in [-0.3, -0.25) is 4.79 Å². The number of phenolic OH excluding ortho intramolecular Hbond substituents is 1. The van der Waals surface area contributed by atoms with Crippen LogP contribution < -0.4 is 5.32 Å². The van der Waals surface area contributed by atoms with E-state index in [2.05, 4.69) is 5.32 Å². The maximum absolute atomic E-state index is 10.8. The average molecular weight is 191 g/mol. The zero-order chi connectivity index (χ0) is 9.97. The maximum atomic E-state index is 10.8. The highest BCUT2D eigenvalue weighted by molar-refractivity contribution is 5.78. The van der Waals surface area contributed by atoms with Crippen molar-refractivity contribution in [3.63, 3.8) is 0 Å². The Morgan fingerprint density at radius 2 is 2.36 bits per heavy atom. The summed E-state index contributed by atoms with van der Waals surface area (Å²) in [5, 5.41) is 12.6. The highest BCUT2D eigenvalue weighted by Gasteiger charge is 2.18. The molecule has 1 aromatic rings. The van der Waals surface area contributed by atoms with Gasteiger partial charge in [0.05, 0.1) is 0 Å². The summed E-state index contributed by atoms with van der Waals surface area (Å²) in [4.78, 5) is 10.8. The summed E-state index contributed by atoms with van der Waals surface area (Å²) in [5.41, 5.74) is 1.58. The first kappa shape index (κ1) is 9.21. The van der Waals surface area contributed by atoms with E-state index < -0.39 is 0 Å². The number of hydrogen-bond donors (Lipinski definition) is 2. The minimum absolute atomic E-state index is 0.147. The van der Waals surface area contributed by atoms with Gasteiger partial charge in [-0.25, -0.2) is 0 Å². The van der Waals surface area contributed by atoms with Crippen LogP contribution in [0.3, 0.4) is 0 Å². The van der Waals surface area contributed by atoms with E-state index in [1.807, 2.05) is 6.07 Å². The van der Waals surface area contributed by atoms with E-state index in [-0.39, 0.29) is 11.8 Å². The standard InChI is InChI=1S/C11H13NO2/c13-7-8-6-9(14)3-4-10(8)11-2-1-5-12-11/h3-4,6-7,11-12,14H,1-2,5H2. The summed E-state index contributed by atoms with van der Waals surface area (Å²) in [7, 11) is 0. The number of aromatic hydroxyl groups is 1. The van der Waals surface area contributed by atoms with E-state index in [0.717, 1.165) is 31.2 Å². The number of nitrogens with one attached hydrogen (secondary N) is 1. The Balaban J connectivity index is 2.35. The van der Waals surface area contributed by atoms with Crippen molar-refractivity contribution in [2.24, 2.45) is 0 Å². The van der Waals surface area contributed by atoms with E-state index in [1.54, 1.807) is 6.07 Å². The molecule has 14 heavy (non-hydrogen) atoms. The lowest BCUT2D eigenvalue weighted by Crippen LogP contribution is -2.14. The molecule has 1 heterocycles. The van der Waals surface area contributed by atoms with Gasteiger partial charge in [0.15, 0.2) is 6.29 Å². The average Bonchev–Trinajstić information content (AvgIpc) is 2.70. The van der Waals surface area contributed by atoms with E-state index in [9.17, 15) is 9.90 Å². The van der Waals surface area contributed by atoms with E-state index in [1.165, 1.54) is 6.07 Å². The fourth-order valence-electron chi connectivity index (χ4n) is 1.93. The molecule has 1 aliphatic heterocycles. The third-order valence-corrected chi connectivity index (χ3v) is 2.63. The third kappa shape index (κ3) is 1.63. The number of carbonyl (C=O) groups excluding carboxylic acids is 1. The van der Waals surface area contributed by atoms with Crippen LogP contribution in [0.4, 0.5) is 0 Å². The summed E-state index contributed by atoms with van der Waals surface area (Å²) in [6.45, 7) is 1.00. The molecule has 0 amide bonds. The Labute approximate surface area is 82.8 Å². The van der Waals surface area contributed by atoms with Crippen LogP contribution in [0.5, 0.6) is 5.75 Å². The first-order valence-corrected chi connectivity index (χ1v) is 4.83. The third-order valence-electron chi connectivity index (χ3n) is 2.63. The SMILES string of the molecule is O=Cc1cc(O)ccc1C1CCCN1. The Kier molecular flexibility index (Phi) is 2.50. The van der Waals surface area contributed by atoms with Gasteiger partial charge >= 0.3 is 0 Å². The zero-order valence-corrected chi connectivity index (χ0v) is 7.86. The van der Waals surface area contributed by atoms with Crippen molar-refractivity contribution >= 4 is 6.29 Å². The fourth-order valence-corrected chi connectivity index (χ4v) is 1.93. The van der Waals surface area contributed by atoms with E-state index >= 15 is 0 Å². The summed E-state index contributed by atoms with van der Waals surface area (Å²) in [6.07, 6.45) is 3.00. The first-order valence-electron chi connectivity index (χ1n) is 4.83. The molecule has 1 unspecified atom stereocenters. The van der Waals surface area contributed by atoms with Crippen molar-refractivity contribution in [3.05, 3.63) is 29.3 Å². The largest absolute Gasteiger partial charge is 0.508 e. The lowest BCUT2D eigenvalue weighted by molar-refractivity contribution is 0.112. The van der Waals surface area contributed by atoms with Gasteiger partial charge in [0.1, 0.15) is 5.75 Å². The number of hydrogen-bond acceptors (Lipinski definition) is 3. The van der Waals surface area contributed by atoms with Crippen LogP contribution in [0.25, 0.3) is 0 Å². The molecule has 1 aromatic carbocycles. The van der Waals surface area contributed by atoms with Crippen molar-refractivity contribution in [1.82, 2.24) is 5.32 Å². The van der Waals surface area contributed by atoms with Crippen molar-refractivity contribution in [2.75, 3.05) is 6.54 Å². The van der Waals surface area contributed by atoms with Gasteiger partial charge in [0.25, 0.3) is 0 Å². The molecule has 0 aliphatic carbocycles. The second-order valence-corrected chi connectivity index (χ2v) is 3.58. The molecule has 3 heteroatoms. The molecule has 1 aliphatic rings. The van der Waals surface area contributed by atoms with Crippen LogP contribution >= 0.6 is 0 Å². The lowest BCUT2D eigenvalue weighted by Gasteiger charge is -2.12. The Bertz CT molecular complexity index is 343. The van der Waals surface area contributed by atoms with Crippen LogP contribution in [0.15, 0.2) is 18.2 Å². The fraction of sp³-hybridized carbons (Fsp3) is 0.364. The second kappa shape index (κ2) is 3.80. The smallest absolute Gasteiger partial charge is 0.150 e. The number of aldehydes is 1. The van der Waals surface area contributed by atoms with Crippen molar-refractivity contribution in [2.45, 2.75) is 18.9 Å². The topological polar surface area (TPSA) is 49.3 Å². The summed E-state index contributed by atoms with van der Waals surface area (Å²) in [6, 6.07) is 5.24. The van der Waals surface area contributed by atoms with Crippen molar-refractivity contribution < 1.29 is 9.90 Å². The molecule has 3 nitrogen and oxygen atoms in total. The molecule has 1 atom stereocenters. The number of phenols is 1. The molecule has 74 valence electrons. The Morgan fingerprint density at radius 1 is 1.50 bits per heavy atom. The van der Waals surface area contributed by atoms with Crippen LogP contribution in [0, 0.1) is 0 Å². The maximum Gasteiger partial charge on any atom is 0.150 e. The minimum atomic E-state index is 0.147. The van der Waals surface area contributed by atoms with Gasteiger partial charge in [0.2, 0.25) is 0 Å². The molecule has 2 N–H and O–H groups in total. The molecule has 0 spiro atoms. The van der Waals surface area contributed by atoms with Gasteiger partial charge in [-0.15, -0.1) is 0 Å². The van der Waals surface area contributed by atoms with Gasteiger partial charge in [-0.05, 0) is 37.1 Å². The number of benzene rings is 1. The number of carbonyl (C=O) groups is 1. The predicted molar refractivity (Wildman–Crippen MR) is 53.5 cm³/mol. The highest BCUT2D eigenvalue weighted by Crippen LogP contribution is 2.27. The Hall–Kier alpha value is -1.35. The summed E-state index contributed by atoms with van der Waals surface area (Å²) >= 11 is 0. The molecule has 0 aromatic heterocycles. The van der Waals surface area contributed by atoms with Gasteiger partial charge in [-0.2, -0.15) is 0 Å². The normalized spacial score (nSPS) is 21.0. The van der Waals surface area contributed by atoms with Gasteiger partial charge in [0, 0.05) is 11.6 Å². The quantitative estimate of drug-likeness (QED) is 0.698. The zero-order valence-electron chi connectivity index (χ0n) is 7.86.